The number of hydrogen-bond donors (Lipinski definition) is 1. The molecule has 0 atom stereocenters. The molecule has 3 rings (SSSR count). The summed E-state index contributed by atoms with van der Waals surface area (Å²) in [6.45, 7) is -0.00874. The molecule has 0 amide bonds. The molecule has 7 heteroatoms. The van der Waals surface area contributed by atoms with Crippen molar-refractivity contribution in [3.8, 4) is 5.75 Å². The van der Waals surface area contributed by atoms with E-state index in [-0.39, 0.29) is 0 Å². The summed E-state index contributed by atoms with van der Waals surface area (Å²) >= 11 is 3.45. The molecule has 0 saturated carbocycles. The summed E-state index contributed by atoms with van der Waals surface area (Å²) in [5.41, 5.74) is 2.90. The van der Waals surface area contributed by atoms with E-state index in [1.807, 2.05) is 60.3 Å². The molecule has 1 aromatic heterocycles. The summed E-state index contributed by atoms with van der Waals surface area (Å²) in [5.74, 6) is -0.326. The van der Waals surface area contributed by atoms with Crippen molar-refractivity contribution in [1.29, 1.82) is 0 Å². The van der Waals surface area contributed by atoms with Gasteiger partial charge in [0.25, 0.3) is 0 Å². The second-order valence-electron chi connectivity index (χ2n) is 5.69. The molecular formula is C19H17BrN2O4. The van der Waals surface area contributed by atoms with Crippen LogP contribution >= 0.6 is 15.9 Å². The number of hydrogen-bond acceptors (Lipinski definition) is 4. The molecule has 3 aromatic rings. The molecule has 2 aromatic carbocycles. The first-order valence-corrected chi connectivity index (χ1v) is 8.65. The second kappa shape index (κ2) is 8.05. The van der Waals surface area contributed by atoms with Crippen LogP contribution in [0.3, 0.4) is 0 Å². The number of rotatable bonds is 7. The van der Waals surface area contributed by atoms with Crippen LogP contribution in [0.4, 0.5) is 0 Å². The molecule has 0 saturated heterocycles. The monoisotopic (exact) mass is 416 g/mol. The number of benzene rings is 2. The van der Waals surface area contributed by atoms with E-state index < -0.39 is 12.6 Å². The standard InChI is InChI=1S/C19H17BrN2O4/c1-22-10-14(9-21-26-12-19(23)24)17-8-16(5-6-18(17)22)25-11-13-3-2-4-15(20)7-13/h2-10H,11-12H2,1H3,(H,23,24). The Hall–Kier alpha value is -2.80. The van der Waals surface area contributed by atoms with E-state index in [4.69, 9.17) is 14.7 Å². The van der Waals surface area contributed by atoms with Gasteiger partial charge in [-0.2, -0.15) is 0 Å². The second-order valence-corrected chi connectivity index (χ2v) is 6.61. The van der Waals surface area contributed by atoms with Gasteiger partial charge in [-0.3, -0.25) is 0 Å². The fraction of sp³-hybridized carbons (Fsp3) is 0.158. The van der Waals surface area contributed by atoms with Crippen molar-refractivity contribution in [3.05, 3.63) is 64.3 Å². The number of nitrogens with zero attached hydrogens (tertiary/aromatic N) is 2. The maximum absolute atomic E-state index is 10.5. The quantitative estimate of drug-likeness (QED) is 0.467. The zero-order valence-corrected chi connectivity index (χ0v) is 15.6. The lowest BCUT2D eigenvalue weighted by Gasteiger charge is -2.07. The summed E-state index contributed by atoms with van der Waals surface area (Å²) in [6.07, 6.45) is 3.40. The number of carboxylic acids is 1. The van der Waals surface area contributed by atoms with Crippen LogP contribution in [0.25, 0.3) is 10.9 Å². The molecule has 6 nitrogen and oxygen atoms in total. The normalized spacial score (nSPS) is 11.2. The van der Waals surface area contributed by atoms with Gasteiger partial charge in [0, 0.05) is 34.2 Å². The van der Waals surface area contributed by atoms with E-state index in [9.17, 15) is 4.79 Å². The van der Waals surface area contributed by atoms with Crippen molar-refractivity contribution < 1.29 is 19.5 Å². The van der Waals surface area contributed by atoms with E-state index in [0.717, 1.165) is 32.3 Å². The highest BCUT2D eigenvalue weighted by Gasteiger charge is 2.07. The predicted octanol–water partition coefficient (Wildman–Crippen LogP) is 3.95. The molecular weight excluding hydrogens is 400 g/mol. The summed E-state index contributed by atoms with van der Waals surface area (Å²) in [5, 5.41) is 13.2. The Morgan fingerprint density at radius 3 is 2.92 bits per heavy atom. The fourth-order valence-electron chi connectivity index (χ4n) is 2.57. The number of carboxylic acid groups (broad SMARTS) is 1. The Balaban J connectivity index is 1.78. The van der Waals surface area contributed by atoms with Crippen LogP contribution < -0.4 is 4.74 Å². The smallest absolute Gasteiger partial charge is 0.344 e. The fourth-order valence-corrected chi connectivity index (χ4v) is 3.02. The molecule has 1 N–H and O–H groups in total. The van der Waals surface area contributed by atoms with Gasteiger partial charge in [-0.15, -0.1) is 0 Å². The first-order valence-electron chi connectivity index (χ1n) is 7.86. The topological polar surface area (TPSA) is 73.1 Å². The number of ether oxygens (including phenoxy) is 1. The highest BCUT2D eigenvalue weighted by atomic mass is 79.9. The molecule has 0 bridgehead atoms. The lowest BCUT2D eigenvalue weighted by Crippen LogP contribution is -2.03. The maximum Gasteiger partial charge on any atom is 0.344 e. The third-order valence-corrected chi connectivity index (χ3v) is 4.23. The van der Waals surface area contributed by atoms with Gasteiger partial charge >= 0.3 is 5.97 Å². The molecule has 1 heterocycles. The third-order valence-electron chi connectivity index (χ3n) is 3.74. The molecule has 0 aliphatic rings. The Bertz CT molecular complexity index is 965. The minimum Gasteiger partial charge on any atom is -0.489 e. The van der Waals surface area contributed by atoms with Crippen LogP contribution in [0.2, 0.25) is 0 Å². The van der Waals surface area contributed by atoms with Crippen LogP contribution in [-0.2, 0) is 23.3 Å². The van der Waals surface area contributed by atoms with Crippen molar-refractivity contribution >= 4 is 39.0 Å². The number of aliphatic carboxylic acids is 1. The minimum atomic E-state index is -1.07. The van der Waals surface area contributed by atoms with Gasteiger partial charge in [-0.05, 0) is 35.9 Å². The van der Waals surface area contributed by atoms with Crippen LogP contribution in [-0.4, -0.2) is 28.5 Å². The van der Waals surface area contributed by atoms with E-state index in [0.29, 0.717) is 6.61 Å². The van der Waals surface area contributed by atoms with Crippen molar-refractivity contribution in [2.24, 2.45) is 12.2 Å². The predicted molar refractivity (Wildman–Crippen MR) is 103 cm³/mol. The Morgan fingerprint density at radius 1 is 1.31 bits per heavy atom. The van der Waals surface area contributed by atoms with Gasteiger partial charge in [0.1, 0.15) is 12.4 Å². The Kier molecular flexibility index (Phi) is 5.58. The van der Waals surface area contributed by atoms with Gasteiger partial charge < -0.3 is 19.2 Å². The number of fused-ring (bicyclic) bond motifs is 1. The van der Waals surface area contributed by atoms with Crippen LogP contribution in [0.15, 0.2) is 58.3 Å². The van der Waals surface area contributed by atoms with Crippen LogP contribution in [0, 0.1) is 0 Å². The van der Waals surface area contributed by atoms with Crippen molar-refractivity contribution in [3.63, 3.8) is 0 Å². The average Bonchev–Trinajstić information content (AvgIpc) is 2.92. The largest absolute Gasteiger partial charge is 0.489 e. The van der Waals surface area contributed by atoms with Gasteiger partial charge in [0.05, 0.1) is 6.21 Å². The molecule has 0 spiro atoms. The SMILES string of the molecule is Cn1cc(C=NOCC(=O)O)c2cc(OCc3cccc(Br)c3)ccc21. The van der Waals surface area contributed by atoms with Gasteiger partial charge in [-0.1, -0.05) is 33.2 Å². The first-order chi connectivity index (χ1) is 12.5. The summed E-state index contributed by atoms with van der Waals surface area (Å²) in [7, 11) is 1.93. The molecule has 0 aliphatic heterocycles. The number of halogens is 1. The zero-order valence-electron chi connectivity index (χ0n) is 14.1. The number of aryl methyl sites for hydroxylation is 1. The van der Waals surface area contributed by atoms with E-state index in [1.54, 1.807) is 0 Å². The van der Waals surface area contributed by atoms with Gasteiger partial charge in [0.15, 0.2) is 0 Å². The van der Waals surface area contributed by atoms with E-state index in [2.05, 4.69) is 21.1 Å². The molecule has 0 fully saturated rings. The highest BCUT2D eigenvalue weighted by molar-refractivity contribution is 9.10. The summed E-state index contributed by atoms with van der Waals surface area (Å²) in [4.78, 5) is 15.2. The Morgan fingerprint density at radius 2 is 2.15 bits per heavy atom. The van der Waals surface area contributed by atoms with Gasteiger partial charge in [0.2, 0.25) is 6.61 Å². The summed E-state index contributed by atoms with van der Waals surface area (Å²) in [6, 6.07) is 13.8. The molecule has 0 aliphatic carbocycles. The van der Waals surface area contributed by atoms with Crippen LogP contribution in [0.1, 0.15) is 11.1 Å². The van der Waals surface area contributed by atoms with E-state index >= 15 is 0 Å². The van der Waals surface area contributed by atoms with Gasteiger partial charge in [-0.25, -0.2) is 4.79 Å². The summed E-state index contributed by atoms with van der Waals surface area (Å²) < 4.78 is 8.87. The maximum atomic E-state index is 10.5. The number of carbonyl (C=O) groups is 1. The highest BCUT2D eigenvalue weighted by Crippen LogP contribution is 2.25. The van der Waals surface area contributed by atoms with Crippen molar-refractivity contribution in [2.75, 3.05) is 6.61 Å². The molecule has 0 unspecified atom stereocenters. The lowest BCUT2D eigenvalue weighted by atomic mass is 10.2. The molecule has 26 heavy (non-hydrogen) atoms. The number of aromatic nitrogens is 1. The molecule has 0 radical (unpaired) electrons. The molecule has 134 valence electrons. The lowest BCUT2D eigenvalue weighted by molar-refractivity contribution is -0.142. The number of oxime groups is 1. The Labute approximate surface area is 158 Å². The van der Waals surface area contributed by atoms with Crippen LogP contribution in [0.5, 0.6) is 5.75 Å². The first kappa shape index (κ1) is 18.0. The van der Waals surface area contributed by atoms with E-state index in [1.165, 1.54) is 6.21 Å². The third kappa shape index (κ3) is 4.43. The van der Waals surface area contributed by atoms with Crippen molar-refractivity contribution in [2.45, 2.75) is 6.61 Å². The average molecular weight is 417 g/mol. The van der Waals surface area contributed by atoms with Crippen molar-refractivity contribution in [1.82, 2.24) is 4.57 Å². The minimum absolute atomic E-state index is 0.461. The zero-order chi connectivity index (χ0) is 18.5.